The Balaban J connectivity index is 1.47. The standard InChI is InChI=1S/C17H21ClN2O2/c18-11-6-8-13(9-7-11)20-17(22)15-10-14(15)16(21)19-12-4-2-1-3-5-12/h6-9,12,14-15H,1-5,10H2,(H,19,21)(H,20,22). The van der Waals surface area contributed by atoms with E-state index in [1.165, 1.54) is 19.3 Å². The van der Waals surface area contributed by atoms with Crippen LogP contribution in [0.2, 0.25) is 5.02 Å². The first-order valence-corrected chi connectivity index (χ1v) is 8.38. The number of nitrogens with one attached hydrogen (secondary N) is 2. The van der Waals surface area contributed by atoms with Crippen molar-refractivity contribution < 1.29 is 9.59 Å². The zero-order valence-electron chi connectivity index (χ0n) is 12.5. The Morgan fingerprint density at radius 2 is 1.59 bits per heavy atom. The average Bonchev–Trinajstić information content (AvgIpc) is 3.31. The van der Waals surface area contributed by atoms with Crippen molar-refractivity contribution in [2.75, 3.05) is 5.32 Å². The molecule has 1 aromatic carbocycles. The summed E-state index contributed by atoms with van der Waals surface area (Å²) in [5.74, 6) is -0.386. The molecule has 5 heteroatoms. The van der Waals surface area contributed by atoms with Gasteiger partial charge in [0, 0.05) is 16.8 Å². The number of benzene rings is 1. The van der Waals surface area contributed by atoms with E-state index in [0.717, 1.165) is 12.8 Å². The van der Waals surface area contributed by atoms with Gasteiger partial charge < -0.3 is 10.6 Å². The highest BCUT2D eigenvalue weighted by Crippen LogP contribution is 2.40. The first-order chi connectivity index (χ1) is 10.6. The number of halogens is 1. The molecule has 0 heterocycles. The number of amides is 2. The van der Waals surface area contributed by atoms with Gasteiger partial charge in [-0.2, -0.15) is 0 Å². The van der Waals surface area contributed by atoms with Crippen molar-refractivity contribution in [2.24, 2.45) is 11.8 Å². The van der Waals surface area contributed by atoms with Gasteiger partial charge in [-0.1, -0.05) is 30.9 Å². The molecular weight excluding hydrogens is 300 g/mol. The van der Waals surface area contributed by atoms with Crippen molar-refractivity contribution in [3.8, 4) is 0 Å². The zero-order chi connectivity index (χ0) is 15.5. The first kappa shape index (κ1) is 15.3. The molecule has 0 radical (unpaired) electrons. The van der Waals surface area contributed by atoms with Crippen molar-refractivity contribution in [3.63, 3.8) is 0 Å². The molecule has 0 spiro atoms. The molecule has 0 bridgehead atoms. The highest BCUT2D eigenvalue weighted by atomic mass is 35.5. The van der Waals surface area contributed by atoms with Gasteiger partial charge in [0.2, 0.25) is 11.8 Å². The highest BCUT2D eigenvalue weighted by molar-refractivity contribution is 6.30. The SMILES string of the molecule is O=C(Nc1ccc(Cl)cc1)C1CC1C(=O)NC1CCCCC1. The number of hydrogen-bond acceptors (Lipinski definition) is 2. The second-order valence-electron chi connectivity index (χ2n) is 6.29. The highest BCUT2D eigenvalue weighted by Gasteiger charge is 2.48. The summed E-state index contributed by atoms with van der Waals surface area (Å²) in [5, 5.41) is 6.58. The van der Waals surface area contributed by atoms with E-state index >= 15 is 0 Å². The Labute approximate surface area is 135 Å². The van der Waals surface area contributed by atoms with Crippen LogP contribution in [0, 0.1) is 11.8 Å². The predicted molar refractivity (Wildman–Crippen MR) is 86.7 cm³/mol. The first-order valence-electron chi connectivity index (χ1n) is 8.00. The van der Waals surface area contributed by atoms with Gasteiger partial charge in [-0.05, 0) is 43.5 Å². The summed E-state index contributed by atoms with van der Waals surface area (Å²) in [6, 6.07) is 7.30. The van der Waals surface area contributed by atoms with Gasteiger partial charge in [0.15, 0.2) is 0 Å². The van der Waals surface area contributed by atoms with Crippen LogP contribution in [0.4, 0.5) is 5.69 Å². The number of anilines is 1. The smallest absolute Gasteiger partial charge is 0.228 e. The minimum absolute atomic E-state index is 0.0446. The molecule has 118 valence electrons. The molecule has 2 N–H and O–H groups in total. The molecule has 4 nitrogen and oxygen atoms in total. The van der Waals surface area contributed by atoms with Gasteiger partial charge in [0.1, 0.15) is 0 Å². The second-order valence-corrected chi connectivity index (χ2v) is 6.72. The molecule has 3 rings (SSSR count). The number of rotatable bonds is 4. The maximum atomic E-state index is 12.2. The van der Waals surface area contributed by atoms with E-state index < -0.39 is 0 Å². The largest absolute Gasteiger partial charge is 0.353 e. The average molecular weight is 321 g/mol. The zero-order valence-corrected chi connectivity index (χ0v) is 13.2. The molecule has 0 saturated heterocycles. The van der Waals surface area contributed by atoms with Crippen LogP contribution in [0.3, 0.4) is 0 Å². The van der Waals surface area contributed by atoms with Crippen molar-refractivity contribution in [1.29, 1.82) is 0 Å². The maximum Gasteiger partial charge on any atom is 0.228 e. The summed E-state index contributed by atoms with van der Waals surface area (Å²) in [4.78, 5) is 24.3. The second kappa shape index (κ2) is 6.69. The molecule has 2 amide bonds. The van der Waals surface area contributed by atoms with E-state index in [1.54, 1.807) is 24.3 Å². The maximum absolute atomic E-state index is 12.2. The fourth-order valence-corrected chi connectivity index (χ4v) is 3.22. The third-order valence-corrected chi connectivity index (χ3v) is 4.78. The van der Waals surface area contributed by atoms with Crippen molar-refractivity contribution in [2.45, 2.75) is 44.6 Å². The van der Waals surface area contributed by atoms with Gasteiger partial charge in [0.25, 0.3) is 0 Å². The molecule has 0 aromatic heterocycles. The van der Waals surface area contributed by atoms with Crippen molar-refractivity contribution in [3.05, 3.63) is 29.3 Å². The number of carbonyl (C=O) groups is 2. The molecule has 0 aliphatic heterocycles. The van der Waals surface area contributed by atoms with Crippen molar-refractivity contribution in [1.82, 2.24) is 5.32 Å². The molecule has 22 heavy (non-hydrogen) atoms. The van der Waals surface area contributed by atoms with Crippen LogP contribution in [-0.4, -0.2) is 17.9 Å². The summed E-state index contributed by atoms with van der Waals surface area (Å²) in [6.45, 7) is 0. The third-order valence-electron chi connectivity index (χ3n) is 4.53. The van der Waals surface area contributed by atoms with Crippen LogP contribution in [0.25, 0.3) is 0 Å². The van der Waals surface area contributed by atoms with E-state index in [1.807, 2.05) is 0 Å². The monoisotopic (exact) mass is 320 g/mol. The predicted octanol–water partition coefficient (Wildman–Crippen LogP) is 3.36. The Kier molecular flexibility index (Phi) is 4.67. The molecule has 2 fully saturated rings. The minimum Gasteiger partial charge on any atom is -0.353 e. The molecule has 2 saturated carbocycles. The lowest BCUT2D eigenvalue weighted by Gasteiger charge is -2.22. The fourth-order valence-electron chi connectivity index (χ4n) is 3.10. The topological polar surface area (TPSA) is 58.2 Å². The van der Waals surface area contributed by atoms with Crippen LogP contribution in [0.1, 0.15) is 38.5 Å². The van der Waals surface area contributed by atoms with E-state index in [9.17, 15) is 9.59 Å². The normalized spacial score (nSPS) is 24.6. The Bertz CT molecular complexity index is 552. The summed E-state index contributed by atoms with van der Waals surface area (Å²) < 4.78 is 0. The van der Waals surface area contributed by atoms with Crippen LogP contribution >= 0.6 is 11.6 Å². The van der Waals surface area contributed by atoms with Gasteiger partial charge in [0.05, 0.1) is 11.8 Å². The molecular formula is C17H21ClN2O2. The van der Waals surface area contributed by atoms with E-state index in [0.29, 0.717) is 23.2 Å². The Hall–Kier alpha value is -1.55. The summed E-state index contributed by atoms with van der Waals surface area (Å²) in [6.07, 6.45) is 6.44. The fraction of sp³-hybridized carbons (Fsp3) is 0.529. The van der Waals surface area contributed by atoms with Gasteiger partial charge in [-0.15, -0.1) is 0 Å². The minimum atomic E-state index is -0.195. The molecule has 2 atom stereocenters. The number of hydrogen-bond donors (Lipinski definition) is 2. The molecule has 2 unspecified atom stereocenters. The van der Waals surface area contributed by atoms with Gasteiger partial charge in [-0.3, -0.25) is 9.59 Å². The van der Waals surface area contributed by atoms with Gasteiger partial charge in [-0.25, -0.2) is 0 Å². The third kappa shape index (κ3) is 3.80. The number of carbonyl (C=O) groups excluding carboxylic acids is 2. The van der Waals surface area contributed by atoms with E-state index in [-0.39, 0.29) is 23.7 Å². The molecule has 2 aliphatic carbocycles. The van der Waals surface area contributed by atoms with E-state index in [4.69, 9.17) is 11.6 Å². The summed E-state index contributed by atoms with van der Waals surface area (Å²) >= 11 is 5.81. The van der Waals surface area contributed by atoms with Crippen molar-refractivity contribution >= 4 is 29.1 Å². The van der Waals surface area contributed by atoms with Gasteiger partial charge >= 0.3 is 0 Å². The molecule has 1 aromatic rings. The van der Waals surface area contributed by atoms with E-state index in [2.05, 4.69) is 10.6 Å². The van der Waals surface area contributed by atoms with Crippen LogP contribution < -0.4 is 10.6 Å². The Morgan fingerprint density at radius 1 is 0.955 bits per heavy atom. The lowest BCUT2D eigenvalue weighted by Crippen LogP contribution is -2.37. The molecule has 2 aliphatic rings. The summed E-state index contributed by atoms with van der Waals surface area (Å²) in [7, 11) is 0. The van der Waals surface area contributed by atoms with Crippen LogP contribution in [-0.2, 0) is 9.59 Å². The summed E-state index contributed by atoms with van der Waals surface area (Å²) in [5.41, 5.74) is 0.715. The van der Waals surface area contributed by atoms with Crippen LogP contribution in [0.5, 0.6) is 0 Å². The lowest BCUT2D eigenvalue weighted by molar-refractivity contribution is -0.126. The Morgan fingerprint density at radius 3 is 2.27 bits per heavy atom. The lowest BCUT2D eigenvalue weighted by atomic mass is 9.95. The van der Waals surface area contributed by atoms with Crippen LogP contribution in [0.15, 0.2) is 24.3 Å². The quantitative estimate of drug-likeness (QED) is 0.893.